The van der Waals surface area contributed by atoms with Crippen LogP contribution in [0.3, 0.4) is 0 Å². The maximum atomic E-state index is 5.68. The Morgan fingerprint density at radius 1 is 0.913 bits per heavy atom. The summed E-state index contributed by atoms with van der Waals surface area (Å²) in [5, 5.41) is 11.1. The Balaban J connectivity index is 1.49. The van der Waals surface area contributed by atoms with E-state index >= 15 is 0 Å². The third kappa shape index (κ3) is 3.97. The molecule has 0 aliphatic heterocycles. The number of nitrogens with zero attached hydrogens (tertiary/aromatic N) is 4. The van der Waals surface area contributed by atoms with E-state index in [0.29, 0.717) is 13.2 Å². The van der Waals surface area contributed by atoms with Gasteiger partial charge in [-0.1, -0.05) is 6.07 Å². The molecule has 0 unspecified atom stereocenters. The molecule has 0 N–H and O–H groups in total. The normalized spacial score (nSPS) is 10.3. The average molecular weight is 312 g/mol. The average Bonchev–Trinajstić information content (AvgIpc) is 3.14. The van der Waals surface area contributed by atoms with Crippen LogP contribution >= 0.6 is 0 Å². The van der Waals surface area contributed by atoms with Crippen molar-refractivity contribution < 1.29 is 14.2 Å². The molecular formula is C16H16N4O3. The minimum atomic E-state index is 0.436. The Hall–Kier alpha value is -3.09. The van der Waals surface area contributed by atoms with Crippen molar-refractivity contribution in [3.05, 3.63) is 54.9 Å². The Morgan fingerprint density at radius 2 is 1.65 bits per heavy atom. The van der Waals surface area contributed by atoms with E-state index in [4.69, 9.17) is 14.2 Å². The number of hydrogen-bond acceptors (Lipinski definition) is 6. The Kier molecular flexibility index (Phi) is 4.68. The van der Waals surface area contributed by atoms with Crippen molar-refractivity contribution in [3.8, 4) is 22.9 Å². The summed E-state index contributed by atoms with van der Waals surface area (Å²) in [6, 6.07) is 14.9. The fourth-order valence-electron chi connectivity index (χ4n) is 1.99. The second kappa shape index (κ2) is 7.26. The first-order chi connectivity index (χ1) is 11.3. The van der Waals surface area contributed by atoms with Gasteiger partial charge < -0.3 is 14.2 Å². The standard InChI is InChI=1S/C16H16N4O3/c1-21-14-5-7-15(8-6-14)22-9-10-23-16-4-2-3-13(11-16)20-12-17-18-19-20/h2-8,11-12H,9-10H2,1H3. The smallest absolute Gasteiger partial charge is 0.143 e. The van der Waals surface area contributed by atoms with Crippen molar-refractivity contribution in [1.29, 1.82) is 0 Å². The third-order valence-electron chi connectivity index (χ3n) is 3.11. The van der Waals surface area contributed by atoms with Gasteiger partial charge in [-0.05, 0) is 46.8 Å². The fraction of sp³-hybridized carbons (Fsp3) is 0.188. The zero-order valence-electron chi connectivity index (χ0n) is 12.6. The van der Waals surface area contributed by atoms with Crippen molar-refractivity contribution in [2.45, 2.75) is 0 Å². The molecule has 3 aromatic rings. The summed E-state index contributed by atoms with van der Waals surface area (Å²) in [4.78, 5) is 0. The fourth-order valence-corrected chi connectivity index (χ4v) is 1.99. The largest absolute Gasteiger partial charge is 0.497 e. The van der Waals surface area contributed by atoms with Gasteiger partial charge in [0.2, 0.25) is 0 Å². The van der Waals surface area contributed by atoms with E-state index in [1.807, 2.05) is 48.5 Å². The lowest BCUT2D eigenvalue weighted by atomic mass is 10.3. The van der Waals surface area contributed by atoms with Crippen molar-refractivity contribution in [2.24, 2.45) is 0 Å². The van der Waals surface area contributed by atoms with Crippen molar-refractivity contribution in [2.75, 3.05) is 20.3 Å². The maximum Gasteiger partial charge on any atom is 0.143 e. The quantitative estimate of drug-likeness (QED) is 0.622. The van der Waals surface area contributed by atoms with Gasteiger partial charge in [0, 0.05) is 6.07 Å². The predicted octanol–water partition coefficient (Wildman–Crippen LogP) is 2.13. The number of hydrogen-bond donors (Lipinski definition) is 0. The van der Waals surface area contributed by atoms with E-state index in [-0.39, 0.29) is 0 Å². The number of benzene rings is 2. The van der Waals surface area contributed by atoms with Gasteiger partial charge in [0.05, 0.1) is 12.8 Å². The monoisotopic (exact) mass is 312 g/mol. The van der Waals surface area contributed by atoms with Crippen molar-refractivity contribution >= 4 is 0 Å². The number of aromatic nitrogens is 4. The van der Waals surface area contributed by atoms with Crippen LogP contribution in [0.4, 0.5) is 0 Å². The molecule has 7 nitrogen and oxygen atoms in total. The molecule has 118 valence electrons. The van der Waals surface area contributed by atoms with Gasteiger partial charge in [0.1, 0.15) is 36.8 Å². The van der Waals surface area contributed by atoms with Gasteiger partial charge in [0.15, 0.2) is 0 Å². The molecule has 0 radical (unpaired) electrons. The van der Waals surface area contributed by atoms with Crippen LogP contribution in [0.1, 0.15) is 0 Å². The molecule has 1 aromatic heterocycles. The lowest BCUT2D eigenvalue weighted by Gasteiger charge is -2.09. The van der Waals surface area contributed by atoms with Crippen molar-refractivity contribution in [1.82, 2.24) is 20.2 Å². The van der Waals surface area contributed by atoms with E-state index < -0.39 is 0 Å². The minimum Gasteiger partial charge on any atom is -0.497 e. The second-order valence-corrected chi connectivity index (χ2v) is 4.62. The molecule has 0 atom stereocenters. The molecule has 3 rings (SSSR count). The number of ether oxygens (including phenoxy) is 3. The Bertz CT molecular complexity index is 729. The summed E-state index contributed by atoms with van der Waals surface area (Å²) in [5.74, 6) is 2.31. The predicted molar refractivity (Wildman–Crippen MR) is 83.1 cm³/mol. The maximum absolute atomic E-state index is 5.68. The van der Waals surface area contributed by atoms with E-state index in [9.17, 15) is 0 Å². The summed E-state index contributed by atoms with van der Waals surface area (Å²) < 4.78 is 18.0. The molecule has 0 aliphatic rings. The van der Waals surface area contributed by atoms with Gasteiger partial charge >= 0.3 is 0 Å². The van der Waals surface area contributed by atoms with Crippen LogP contribution in [-0.4, -0.2) is 40.5 Å². The molecule has 0 fully saturated rings. The van der Waals surface area contributed by atoms with Crippen LogP contribution in [0.5, 0.6) is 17.2 Å². The molecule has 7 heteroatoms. The SMILES string of the molecule is COc1ccc(OCCOc2cccc(-n3cnnn3)c2)cc1. The van der Waals surface area contributed by atoms with Gasteiger partial charge in [-0.3, -0.25) is 0 Å². The number of tetrazole rings is 1. The topological polar surface area (TPSA) is 71.3 Å². The van der Waals surface area contributed by atoms with E-state index in [1.54, 1.807) is 11.8 Å². The first-order valence-corrected chi connectivity index (χ1v) is 7.08. The van der Waals surface area contributed by atoms with Crippen LogP contribution in [0.15, 0.2) is 54.9 Å². The molecule has 0 saturated heterocycles. The lowest BCUT2D eigenvalue weighted by molar-refractivity contribution is 0.217. The van der Waals surface area contributed by atoms with Crippen molar-refractivity contribution in [3.63, 3.8) is 0 Å². The number of methoxy groups -OCH3 is 1. The molecule has 2 aromatic carbocycles. The van der Waals surface area contributed by atoms with E-state index in [1.165, 1.54) is 6.33 Å². The molecular weight excluding hydrogens is 296 g/mol. The molecule has 0 saturated carbocycles. The first kappa shape index (κ1) is 14.8. The summed E-state index contributed by atoms with van der Waals surface area (Å²) in [6.45, 7) is 0.881. The highest BCUT2D eigenvalue weighted by Gasteiger charge is 2.01. The Morgan fingerprint density at radius 3 is 2.35 bits per heavy atom. The summed E-state index contributed by atoms with van der Waals surface area (Å²) in [5.41, 5.74) is 0.837. The highest BCUT2D eigenvalue weighted by molar-refractivity contribution is 5.38. The highest BCUT2D eigenvalue weighted by Crippen LogP contribution is 2.18. The zero-order chi connectivity index (χ0) is 15.9. The third-order valence-corrected chi connectivity index (χ3v) is 3.11. The summed E-state index contributed by atoms with van der Waals surface area (Å²) in [6.07, 6.45) is 1.53. The molecule has 23 heavy (non-hydrogen) atoms. The van der Waals surface area contributed by atoms with E-state index in [0.717, 1.165) is 22.9 Å². The second-order valence-electron chi connectivity index (χ2n) is 4.62. The van der Waals surface area contributed by atoms with Crippen LogP contribution < -0.4 is 14.2 Å². The Labute approximate surface area is 133 Å². The lowest BCUT2D eigenvalue weighted by Crippen LogP contribution is -2.09. The molecule has 0 aliphatic carbocycles. The van der Waals surface area contributed by atoms with Gasteiger partial charge in [-0.25, -0.2) is 4.68 Å². The van der Waals surface area contributed by atoms with E-state index in [2.05, 4.69) is 15.5 Å². The minimum absolute atomic E-state index is 0.436. The molecule has 0 amide bonds. The summed E-state index contributed by atoms with van der Waals surface area (Å²) >= 11 is 0. The highest BCUT2D eigenvalue weighted by atomic mass is 16.5. The van der Waals surface area contributed by atoms with Crippen LogP contribution in [-0.2, 0) is 0 Å². The van der Waals surface area contributed by atoms with Gasteiger partial charge in [0.25, 0.3) is 0 Å². The first-order valence-electron chi connectivity index (χ1n) is 7.08. The summed E-state index contributed by atoms with van der Waals surface area (Å²) in [7, 11) is 1.63. The van der Waals surface area contributed by atoms with Gasteiger partial charge in [-0.2, -0.15) is 0 Å². The number of rotatable bonds is 7. The zero-order valence-corrected chi connectivity index (χ0v) is 12.6. The molecule has 0 spiro atoms. The van der Waals surface area contributed by atoms with Crippen LogP contribution in [0.2, 0.25) is 0 Å². The molecule has 1 heterocycles. The van der Waals surface area contributed by atoms with Crippen LogP contribution in [0.25, 0.3) is 5.69 Å². The van der Waals surface area contributed by atoms with Crippen LogP contribution in [0, 0.1) is 0 Å². The van der Waals surface area contributed by atoms with Gasteiger partial charge in [-0.15, -0.1) is 5.10 Å². The molecule has 0 bridgehead atoms.